The molecule has 7 nitrogen and oxygen atoms in total. The largest absolute Gasteiger partial charge is 0.490 e. The zero-order valence-corrected chi connectivity index (χ0v) is 14.6. The van der Waals surface area contributed by atoms with Crippen LogP contribution in [0.25, 0.3) is 0 Å². The molecular formula is C15H22FNO6S. The topological polar surface area (TPSA) is 102 Å². The van der Waals surface area contributed by atoms with Crippen molar-refractivity contribution < 1.29 is 32.2 Å². The molecule has 1 aromatic rings. The van der Waals surface area contributed by atoms with Crippen LogP contribution in [-0.2, 0) is 19.6 Å². The number of benzene rings is 1. The van der Waals surface area contributed by atoms with Gasteiger partial charge in [-0.05, 0) is 24.1 Å². The molecule has 0 radical (unpaired) electrons. The molecule has 136 valence electrons. The summed E-state index contributed by atoms with van der Waals surface area (Å²) in [6, 6.07) is 1.71. The number of sulfonamides is 1. The van der Waals surface area contributed by atoms with Crippen LogP contribution in [0.15, 0.2) is 23.1 Å². The highest BCUT2D eigenvalue weighted by Gasteiger charge is 2.31. The zero-order valence-electron chi connectivity index (χ0n) is 13.8. The number of rotatable bonds is 10. The van der Waals surface area contributed by atoms with Crippen LogP contribution in [0.2, 0.25) is 0 Å². The van der Waals surface area contributed by atoms with Gasteiger partial charge in [-0.1, -0.05) is 20.3 Å². The Hall–Kier alpha value is -1.71. The molecular weight excluding hydrogens is 341 g/mol. The number of halogens is 1. The molecule has 1 aromatic carbocycles. The molecule has 2 N–H and O–H groups in total. The van der Waals surface area contributed by atoms with Crippen LogP contribution in [0, 0.1) is 11.7 Å². The average molecular weight is 363 g/mol. The van der Waals surface area contributed by atoms with Gasteiger partial charge in [0, 0.05) is 7.11 Å². The van der Waals surface area contributed by atoms with Crippen LogP contribution in [0.3, 0.4) is 0 Å². The summed E-state index contributed by atoms with van der Waals surface area (Å²) in [6.07, 6.45) is 0.458. The third-order valence-electron chi connectivity index (χ3n) is 3.50. The molecule has 24 heavy (non-hydrogen) atoms. The number of hydrogen-bond donors (Lipinski definition) is 2. The lowest BCUT2D eigenvalue weighted by Gasteiger charge is -2.21. The lowest BCUT2D eigenvalue weighted by Crippen LogP contribution is -2.45. The Morgan fingerprint density at radius 1 is 1.38 bits per heavy atom. The van der Waals surface area contributed by atoms with Gasteiger partial charge >= 0.3 is 5.97 Å². The highest BCUT2D eigenvalue weighted by atomic mass is 32.2. The Morgan fingerprint density at radius 3 is 2.58 bits per heavy atom. The number of methoxy groups -OCH3 is 1. The lowest BCUT2D eigenvalue weighted by atomic mass is 10.0. The molecule has 0 aliphatic heterocycles. The van der Waals surface area contributed by atoms with Crippen molar-refractivity contribution in [1.29, 1.82) is 0 Å². The minimum absolute atomic E-state index is 0.0678. The molecule has 0 amide bonds. The Labute approximate surface area is 140 Å². The summed E-state index contributed by atoms with van der Waals surface area (Å²) in [4.78, 5) is 10.9. The number of carboxylic acids is 1. The first-order valence-electron chi connectivity index (χ1n) is 7.39. The van der Waals surface area contributed by atoms with E-state index < -0.39 is 38.7 Å². The Bertz CT molecular complexity index is 664. The van der Waals surface area contributed by atoms with Crippen molar-refractivity contribution >= 4 is 16.0 Å². The average Bonchev–Trinajstić information content (AvgIpc) is 2.53. The fraction of sp³-hybridized carbons (Fsp3) is 0.533. The number of carboxylic acid groups (broad SMARTS) is 1. The normalized spacial score (nSPS) is 14.2. The van der Waals surface area contributed by atoms with Gasteiger partial charge in [-0.15, -0.1) is 0 Å². The van der Waals surface area contributed by atoms with Crippen LogP contribution in [0.4, 0.5) is 4.39 Å². The van der Waals surface area contributed by atoms with Gasteiger partial charge < -0.3 is 14.6 Å². The molecule has 0 aliphatic rings. The summed E-state index contributed by atoms with van der Waals surface area (Å²) in [7, 11) is -2.83. The van der Waals surface area contributed by atoms with E-state index in [1.54, 1.807) is 13.8 Å². The van der Waals surface area contributed by atoms with E-state index in [4.69, 9.17) is 9.47 Å². The molecule has 2 atom stereocenters. The standard InChI is InChI=1S/C15H22FNO6S/c1-4-10(2)14(15(18)19)17-24(20,21)13-9-11(16)5-6-12(13)23-8-7-22-3/h5-6,9-10,14,17H,4,7-8H2,1-3H3,(H,18,19)/t10-,14-/m0/s1. The van der Waals surface area contributed by atoms with Crippen molar-refractivity contribution in [3.05, 3.63) is 24.0 Å². The first-order chi connectivity index (χ1) is 11.2. The van der Waals surface area contributed by atoms with Gasteiger partial charge in [0.15, 0.2) is 0 Å². The molecule has 0 fully saturated rings. The van der Waals surface area contributed by atoms with Gasteiger partial charge in [0.1, 0.15) is 29.1 Å². The van der Waals surface area contributed by atoms with Gasteiger partial charge in [0.2, 0.25) is 10.0 Å². The summed E-state index contributed by atoms with van der Waals surface area (Å²) in [5, 5.41) is 9.23. The first kappa shape index (κ1) is 20.3. The fourth-order valence-corrected chi connectivity index (χ4v) is 3.38. The molecule has 0 heterocycles. The van der Waals surface area contributed by atoms with Gasteiger partial charge in [-0.25, -0.2) is 12.8 Å². The van der Waals surface area contributed by atoms with Crippen molar-refractivity contribution in [2.45, 2.75) is 31.2 Å². The number of carbonyl (C=O) groups is 1. The maximum Gasteiger partial charge on any atom is 0.322 e. The second kappa shape index (κ2) is 8.95. The quantitative estimate of drug-likeness (QED) is 0.613. The zero-order chi connectivity index (χ0) is 18.3. The first-order valence-corrected chi connectivity index (χ1v) is 8.87. The van der Waals surface area contributed by atoms with Gasteiger partial charge in [0.05, 0.1) is 6.61 Å². The molecule has 0 aromatic heterocycles. The Kier molecular flexibility index (Phi) is 7.59. The Morgan fingerprint density at radius 2 is 2.04 bits per heavy atom. The number of nitrogens with one attached hydrogen (secondary N) is 1. The third kappa shape index (κ3) is 5.43. The van der Waals surface area contributed by atoms with E-state index in [1.165, 1.54) is 13.2 Å². The molecule has 0 bridgehead atoms. The summed E-state index contributed by atoms with van der Waals surface area (Å²) >= 11 is 0. The molecule has 0 unspecified atom stereocenters. The molecule has 1 rings (SSSR count). The van der Waals surface area contributed by atoms with E-state index in [1.807, 2.05) is 0 Å². The fourth-order valence-electron chi connectivity index (χ4n) is 1.92. The maximum absolute atomic E-state index is 13.5. The highest BCUT2D eigenvalue weighted by Crippen LogP contribution is 2.25. The Balaban J connectivity index is 3.16. The molecule has 0 spiro atoms. The monoisotopic (exact) mass is 363 g/mol. The second-order valence-electron chi connectivity index (χ2n) is 5.26. The maximum atomic E-state index is 13.5. The minimum atomic E-state index is -4.29. The van der Waals surface area contributed by atoms with E-state index in [2.05, 4.69) is 4.72 Å². The van der Waals surface area contributed by atoms with Gasteiger partial charge in [-0.3, -0.25) is 4.79 Å². The molecule has 9 heteroatoms. The third-order valence-corrected chi connectivity index (χ3v) is 4.96. The van der Waals surface area contributed by atoms with E-state index in [9.17, 15) is 22.7 Å². The summed E-state index contributed by atoms with van der Waals surface area (Å²) in [5.41, 5.74) is 0. The van der Waals surface area contributed by atoms with Crippen molar-refractivity contribution in [3.63, 3.8) is 0 Å². The number of ether oxygens (including phenoxy) is 2. The van der Waals surface area contributed by atoms with Crippen LogP contribution in [0.1, 0.15) is 20.3 Å². The smallest absolute Gasteiger partial charge is 0.322 e. The highest BCUT2D eigenvalue weighted by molar-refractivity contribution is 7.89. The second-order valence-corrected chi connectivity index (χ2v) is 6.94. The van der Waals surface area contributed by atoms with Crippen molar-refractivity contribution in [2.24, 2.45) is 5.92 Å². The summed E-state index contributed by atoms with van der Waals surface area (Å²) < 4.78 is 50.8. The van der Waals surface area contributed by atoms with E-state index in [0.717, 1.165) is 12.1 Å². The van der Waals surface area contributed by atoms with Crippen LogP contribution >= 0.6 is 0 Å². The predicted molar refractivity (Wildman–Crippen MR) is 85.0 cm³/mol. The van der Waals surface area contributed by atoms with Crippen LogP contribution in [0.5, 0.6) is 5.75 Å². The van der Waals surface area contributed by atoms with Gasteiger partial charge in [0.25, 0.3) is 0 Å². The van der Waals surface area contributed by atoms with Crippen LogP contribution in [-0.4, -0.2) is 45.9 Å². The van der Waals surface area contributed by atoms with E-state index in [-0.39, 0.29) is 19.0 Å². The van der Waals surface area contributed by atoms with Crippen molar-refractivity contribution in [2.75, 3.05) is 20.3 Å². The minimum Gasteiger partial charge on any atom is -0.490 e. The molecule has 0 saturated heterocycles. The lowest BCUT2D eigenvalue weighted by molar-refractivity contribution is -0.140. The predicted octanol–water partition coefficient (Wildman–Crippen LogP) is 1.63. The van der Waals surface area contributed by atoms with E-state index >= 15 is 0 Å². The molecule has 0 aliphatic carbocycles. The molecule has 0 saturated carbocycles. The van der Waals surface area contributed by atoms with Crippen molar-refractivity contribution in [3.8, 4) is 5.75 Å². The van der Waals surface area contributed by atoms with Gasteiger partial charge in [-0.2, -0.15) is 4.72 Å². The summed E-state index contributed by atoms with van der Waals surface area (Å²) in [5.74, 6) is -2.59. The van der Waals surface area contributed by atoms with E-state index in [0.29, 0.717) is 6.42 Å². The number of hydrogen-bond acceptors (Lipinski definition) is 5. The van der Waals surface area contributed by atoms with Crippen molar-refractivity contribution in [1.82, 2.24) is 4.72 Å². The SMILES string of the molecule is CC[C@H](C)[C@H](NS(=O)(=O)c1cc(F)ccc1OCCOC)C(=O)O. The van der Waals surface area contributed by atoms with Crippen LogP contribution < -0.4 is 9.46 Å². The summed E-state index contributed by atoms with van der Waals surface area (Å²) in [6.45, 7) is 3.65. The number of aliphatic carboxylic acids is 1.